The fraction of sp³-hybridized carbons (Fsp3) is 0.500. The minimum Gasteiger partial charge on any atom is -0.374 e. The Bertz CT molecular complexity index is 613. The van der Waals surface area contributed by atoms with E-state index in [1.54, 1.807) is 6.20 Å². The van der Waals surface area contributed by atoms with E-state index in [0.717, 1.165) is 18.8 Å². The van der Waals surface area contributed by atoms with Crippen LogP contribution in [0.2, 0.25) is 0 Å². The Balaban J connectivity index is 1.48. The second-order valence-corrected chi connectivity index (χ2v) is 6.16. The van der Waals surface area contributed by atoms with Crippen molar-refractivity contribution in [3.05, 3.63) is 29.5 Å². The molecule has 1 N–H and O–H groups in total. The van der Waals surface area contributed by atoms with Crippen molar-refractivity contribution in [3.8, 4) is 0 Å². The Morgan fingerprint density at radius 2 is 2.50 bits per heavy atom. The van der Waals surface area contributed by atoms with E-state index in [9.17, 15) is 4.79 Å². The molecule has 1 fully saturated rings. The summed E-state index contributed by atoms with van der Waals surface area (Å²) in [6.07, 6.45) is 3.73. The second kappa shape index (κ2) is 6.99. The molecule has 0 aromatic carbocycles. The maximum Gasteiger partial charge on any atom is 0.240 e. The average molecular weight is 321 g/mol. The number of anilines is 1. The molecule has 0 bridgehead atoms. The van der Waals surface area contributed by atoms with Gasteiger partial charge in [0.15, 0.2) is 5.13 Å². The molecule has 1 aliphatic rings. The first-order chi connectivity index (χ1) is 10.7. The van der Waals surface area contributed by atoms with Crippen LogP contribution in [0.5, 0.6) is 0 Å². The van der Waals surface area contributed by atoms with Gasteiger partial charge >= 0.3 is 0 Å². The van der Waals surface area contributed by atoms with Gasteiger partial charge < -0.3 is 10.1 Å². The number of ether oxygens (including phenoxy) is 1. The van der Waals surface area contributed by atoms with Gasteiger partial charge in [-0.05, 0) is 13.0 Å². The third-order valence-electron chi connectivity index (χ3n) is 3.41. The smallest absolute Gasteiger partial charge is 0.240 e. The monoisotopic (exact) mass is 321 g/mol. The standard InChI is InChI=1S/C14H19N5O2S/c1-11-10-22-14(16-11)17-13(20)9-18-5-6-21-12(7-18)8-19-4-2-3-15-19/h2-4,10,12H,5-9H2,1H3,(H,16,17,20)/t12-/m0/s1. The average Bonchev–Trinajstić information content (AvgIpc) is 3.11. The van der Waals surface area contributed by atoms with Crippen molar-refractivity contribution < 1.29 is 9.53 Å². The Kier molecular flexibility index (Phi) is 4.81. The molecule has 0 aliphatic carbocycles. The number of nitrogens with zero attached hydrogens (tertiary/aromatic N) is 4. The third kappa shape index (κ3) is 4.12. The summed E-state index contributed by atoms with van der Waals surface area (Å²) in [6.45, 7) is 5.10. The molecule has 1 aliphatic heterocycles. The molecule has 1 amide bonds. The quantitative estimate of drug-likeness (QED) is 0.889. The SMILES string of the molecule is Cc1csc(NC(=O)CN2CCO[C@H](Cn3cccn3)C2)n1. The number of morpholine rings is 1. The summed E-state index contributed by atoms with van der Waals surface area (Å²) in [5, 5.41) is 9.60. The maximum absolute atomic E-state index is 12.1. The number of aryl methyl sites for hydroxylation is 1. The first-order valence-electron chi connectivity index (χ1n) is 7.22. The highest BCUT2D eigenvalue weighted by Crippen LogP contribution is 2.14. The van der Waals surface area contributed by atoms with Crippen molar-refractivity contribution in [2.24, 2.45) is 0 Å². The highest BCUT2D eigenvalue weighted by molar-refractivity contribution is 7.13. The molecule has 118 valence electrons. The number of carbonyl (C=O) groups excluding carboxylic acids is 1. The predicted octanol–water partition coefficient (Wildman–Crippen LogP) is 0.988. The molecule has 2 aromatic heterocycles. The number of rotatable bonds is 5. The summed E-state index contributed by atoms with van der Waals surface area (Å²) in [4.78, 5) is 18.4. The maximum atomic E-state index is 12.1. The number of aromatic nitrogens is 3. The molecular weight excluding hydrogens is 302 g/mol. The minimum absolute atomic E-state index is 0.0333. The molecule has 3 heterocycles. The van der Waals surface area contributed by atoms with E-state index in [1.807, 2.05) is 29.2 Å². The molecule has 0 saturated carbocycles. The number of hydrogen-bond donors (Lipinski definition) is 1. The van der Waals surface area contributed by atoms with Gasteiger partial charge in [0.05, 0.1) is 31.5 Å². The molecule has 0 spiro atoms. The van der Waals surface area contributed by atoms with Crippen LogP contribution in [0, 0.1) is 6.92 Å². The van der Waals surface area contributed by atoms with Crippen molar-refractivity contribution in [3.63, 3.8) is 0 Å². The van der Waals surface area contributed by atoms with E-state index in [-0.39, 0.29) is 12.0 Å². The summed E-state index contributed by atoms with van der Waals surface area (Å²) in [7, 11) is 0. The summed E-state index contributed by atoms with van der Waals surface area (Å²) in [6, 6.07) is 1.89. The molecular formula is C14H19N5O2S. The van der Waals surface area contributed by atoms with Gasteiger partial charge in [0, 0.05) is 30.9 Å². The summed E-state index contributed by atoms with van der Waals surface area (Å²) in [5.74, 6) is -0.0333. The minimum atomic E-state index is -0.0333. The fourth-order valence-electron chi connectivity index (χ4n) is 2.42. The van der Waals surface area contributed by atoms with Gasteiger partial charge in [-0.2, -0.15) is 5.10 Å². The van der Waals surface area contributed by atoms with Crippen molar-refractivity contribution in [2.45, 2.75) is 19.6 Å². The van der Waals surface area contributed by atoms with Crippen LogP contribution >= 0.6 is 11.3 Å². The van der Waals surface area contributed by atoms with Gasteiger partial charge in [-0.3, -0.25) is 14.4 Å². The van der Waals surface area contributed by atoms with E-state index >= 15 is 0 Å². The Morgan fingerprint density at radius 1 is 1.59 bits per heavy atom. The van der Waals surface area contributed by atoms with Gasteiger partial charge in [0.25, 0.3) is 0 Å². The van der Waals surface area contributed by atoms with E-state index in [2.05, 4.69) is 20.3 Å². The molecule has 2 aromatic rings. The molecule has 0 unspecified atom stereocenters. The topological polar surface area (TPSA) is 72.3 Å². The molecule has 1 saturated heterocycles. The van der Waals surface area contributed by atoms with E-state index in [4.69, 9.17) is 4.74 Å². The van der Waals surface area contributed by atoms with E-state index in [0.29, 0.717) is 24.8 Å². The van der Waals surface area contributed by atoms with Gasteiger partial charge in [0.2, 0.25) is 5.91 Å². The van der Waals surface area contributed by atoms with Gasteiger partial charge in [0.1, 0.15) is 0 Å². The number of hydrogen-bond acceptors (Lipinski definition) is 6. The van der Waals surface area contributed by atoms with Gasteiger partial charge in [-0.15, -0.1) is 11.3 Å². The molecule has 0 radical (unpaired) electrons. The first kappa shape index (κ1) is 15.1. The Labute approximate surface area is 132 Å². The van der Waals surface area contributed by atoms with Crippen molar-refractivity contribution >= 4 is 22.4 Å². The molecule has 8 heteroatoms. The third-order valence-corrected chi connectivity index (χ3v) is 4.28. The number of thiazole rings is 1. The van der Waals surface area contributed by atoms with Gasteiger partial charge in [-0.25, -0.2) is 4.98 Å². The van der Waals surface area contributed by atoms with E-state index in [1.165, 1.54) is 11.3 Å². The molecule has 7 nitrogen and oxygen atoms in total. The summed E-state index contributed by atoms with van der Waals surface area (Å²) in [5.41, 5.74) is 0.922. The molecule has 3 rings (SSSR count). The summed E-state index contributed by atoms with van der Waals surface area (Å²) >= 11 is 1.45. The van der Waals surface area contributed by atoms with Crippen molar-refractivity contribution in [1.82, 2.24) is 19.7 Å². The largest absolute Gasteiger partial charge is 0.374 e. The Morgan fingerprint density at radius 3 is 3.23 bits per heavy atom. The zero-order valence-corrected chi connectivity index (χ0v) is 13.3. The van der Waals surface area contributed by atoms with Crippen LogP contribution in [0.25, 0.3) is 0 Å². The number of amides is 1. The zero-order valence-electron chi connectivity index (χ0n) is 12.4. The molecule has 1 atom stereocenters. The van der Waals surface area contributed by atoms with Crippen molar-refractivity contribution in [2.75, 3.05) is 31.6 Å². The van der Waals surface area contributed by atoms with Crippen LogP contribution in [-0.2, 0) is 16.1 Å². The van der Waals surface area contributed by atoms with Crippen LogP contribution in [0.15, 0.2) is 23.8 Å². The van der Waals surface area contributed by atoms with Crippen LogP contribution in [-0.4, -0.2) is 57.9 Å². The zero-order chi connectivity index (χ0) is 15.4. The normalized spacial score (nSPS) is 19.2. The lowest BCUT2D eigenvalue weighted by Crippen LogP contribution is -2.47. The van der Waals surface area contributed by atoms with Crippen LogP contribution < -0.4 is 5.32 Å². The second-order valence-electron chi connectivity index (χ2n) is 5.30. The van der Waals surface area contributed by atoms with E-state index < -0.39 is 0 Å². The first-order valence-corrected chi connectivity index (χ1v) is 8.10. The summed E-state index contributed by atoms with van der Waals surface area (Å²) < 4.78 is 7.59. The number of nitrogens with one attached hydrogen (secondary N) is 1. The lowest BCUT2D eigenvalue weighted by atomic mass is 10.2. The van der Waals surface area contributed by atoms with Crippen LogP contribution in [0.4, 0.5) is 5.13 Å². The number of carbonyl (C=O) groups is 1. The molecule has 22 heavy (non-hydrogen) atoms. The van der Waals surface area contributed by atoms with Gasteiger partial charge in [-0.1, -0.05) is 0 Å². The van der Waals surface area contributed by atoms with Crippen LogP contribution in [0.1, 0.15) is 5.69 Å². The Hall–Kier alpha value is -1.77. The van der Waals surface area contributed by atoms with Crippen LogP contribution in [0.3, 0.4) is 0 Å². The predicted molar refractivity (Wildman–Crippen MR) is 83.9 cm³/mol. The highest BCUT2D eigenvalue weighted by Gasteiger charge is 2.22. The fourth-order valence-corrected chi connectivity index (χ4v) is 3.13. The van der Waals surface area contributed by atoms with Crippen molar-refractivity contribution in [1.29, 1.82) is 0 Å². The lowest BCUT2D eigenvalue weighted by Gasteiger charge is -2.32. The highest BCUT2D eigenvalue weighted by atomic mass is 32.1. The lowest BCUT2D eigenvalue weighted by molar-refractivity contribution is -0.119.